The fraction of sp³-hybridized carbons (Fsp3) is 0.500. The van der Waals surface area contributed by atoms with E-state index in [-0.39, 0.29) is 5.91 Å². The molecule has 0 aromatic heterocycles. The number of nitrogens with one attached hydrogen (secondary N) is 1. The number of carbonyl (C=O) groups excluding carboxylic acids is 1. The number of methoxy groups -OCH3 is 1. The zero-order valence-electron chi connectivity index (χ0n) is 11.2. The predicted octanol–water partition coefficient (Wildman–Crippen LogP) is 1.40. The van der Waals surface area contributed by atoms with Crippen LogP contribution in [-0.4, -0.2) is 26.1 Å². The van der Waals surface area contributed by atoms with Crippen LogP contribution in [0.2, 0.25) is 0 Å². The highest BCUT2D eigenvalue weighted by Crippen LogP contribution is 2.20. The molecule has 0 saturated carbocycles. The Hall–Kier alpha value is -1.55. The zero-order valence-corrected chi connectivity index (χ0v) is 11.2. The van der Waals surface area contributed by atoms with Crippen molar-refractivity contribution in [2.75, 3.05) is 20.2 Å². The smallest absolute Gasteiger partial charge is 0.220 e. The molecule has 4 heteroatoms. The number of benzene rings is 1. The second-order valence-corrected chi connectivity index (χ2v) is 4.31. The Labute approximate surface area is 109 Å². The summed E-state index contributed by atoms with van der Waals surface area (Å²) in [6.45, 7) is 3.29. The predicted molar refractivity (Wildman–Crippen MR) is 72.7 cm³/mol. The van der Waals surface area contributed by atoms with Gasteiger partial charge < -0.3 is 15.8 Å². The molecule has 1 aromatic rings. The van der Waals surface area contributed by atoms with Gasteiger partial charge in [0.1, 0.15) is 5.75 Å². The molecule has 1 aromatic carbocycles. The van der Waals surface area contributed by atoms with E-state index in [0.717, 1.165) is 17.7 Å². The Bertz CT molecular complexity index is 391. The van der Waals surface area contributed by atoms with Crippen LogP contribution in [0.3, 0.4) is 0 Å². The van der Waals surface area contributed by atoms with Crippen molar-refractivity contribution >= 4 is 5.91 Å². The first kappa shape index (κ1) is 14.5. The highest BCUT2D eigenvalue weighted by atomic mass is 16.5. The van der Waals surface area contributed by atoms with Crippen LogP contribution in [0.5, 0.6) is 5.75 Å². The van der Waals surface area contributed by atoms with Gasteiger partial charge in [-0.05, 0) is 37.9 Å². The van der Waals surface area contributed by atoms with Crippen molar-refractivity contribution in [3.05, 3.63) is 29.3 Å². The van der Waals surface area contributed by atoms with E-state index in [1.54, 1.807) is 7.11 Å². The molecule has 0 saturated heterocycles. The van der Waals surface area contributed by atoms with Crippen molar-refractivity contribution in [2.24, 2.45) is 5.73 Å². The van der Waals surface area contributed by atoms with Crippen molar-refractivity contribution in [3.8, 4) is 5.75 Å². The van der Waals surface area contributed by atoms with Crippen LogP contribution in [0.25, 0.3) is 0 Å². The molecule has 0 atom stereocenters. The molecule has 18 heavy (non-hydrogen) atoms. The summed E-state index contributed by atoms with van der Waals surface area (Å²) in [5.74, 6) is 0.905. The number of carbonyl (C=O) groups is 1. The lowest BCUT2D eigenvalue weighted by Gasteiger charge is -2.09. The van der Waals surface area contributed by atoms with Gasteiger partial charge in [-0.1, -0.05) is 17.7 Å². The van der Waals surface area contributed by atoms with Gasteiger partial charge in [-0.15, -0.1) is 0 Å². The second kappa shape index (κ2) is 7.71. The number of aryl methyl sites for hydroxylation is 2. The molecule has 0 bridgehead atoms. The van der Waals surface area contributed by atoms with Gasteiger partial charge in [-0.3, -0.25) is 4.79 Å². The van der Waals surface area contributed by atoms with Crippen LogP contribution < -0.4 is 15.8 Å². The monoisotopic (exact) mass is 250 g/mol. The molecule has 0 aliphatic heterocycles. The van der Waals surface area contributed by atoms with Crippen molar-refractivity contribution in [1.29, 1.82) is 0 Å². The summed E-state index contributed by atoms with van der Waals surface area (Å²) in [6.07, 6.45) is 1.99. The number of ether oxygens (including phenoxy) is 1. The van der Waals surface area contributed by atoms with E-state index >= 15 is 0 Å². The van der Waals surface area contributed by atoms with Crippen molar-refractivity contribution in [3.63, 3.8) is 0 Å². The summed E-state index contributed by atoms with van der Waals surface area (Å²) in [6, 6.07) is 6.01. The molecule has 0 unspecified atom stereocenters. The third-order valence-electron chi connectivity index (χ3n) is 2.76. The van der Waals surface area contributed by atoms with Gasteiger partial charge in [0, 0.05) is 13.0 Å². The average molecular weight is 250 g/mol. The summed E-state index contributed by atoms with van der Waals surface area (Å²) in [5, 5.41) is 2.85. The van der Waals surface area contributed by atoms with Crippen LogP contribution in [0, 0.1) is 6.92 Å². The molecule has 4 nitrogen and oxygen atoms in total. The number of nitrogens with two attached hydrogens (primary N) is 1. The van der Waals surface area contributed by atoms with E-state index in [1.165, 1.54) is 5.56 Å². The minimum Gasteiger partial charge on any atom is -0.496 e. The van der Waals surface area contributed by atoms with Crippen molar-refractivity contribution in [1.82, 2.24) is 5.32 Å². The summed E-state index contributed by atoms with van der Waals surface area (Å²) in [4.78, 5) is 11.6. The summed E-state index contributed by atoms with van der Waals surface area (Å²) in [7, 11) is 1.65. The summed E-state index contributed by atoms with van der Waals surface area (Å²) < 4.78 is 5.28. The van der Waals surface area contributed by atoms with Gasteiger partial charge in [-0.2, -0.15) is 0 Å². The van der Waals surface area contributed by atoms with Crippen LogP contribution in [0.1, 0.15) is 24.0 Å². The minimum absolute atomic E-state index is 0.0620. The van der Waals surface area contributed by atoms with Crippen LogP contribution in [0.15, 0.2) is 18.2 Å². The first-order chi connectivity index (χ1) is 8.67. The highest BCUT2D eigenvalue weighted by molar-refractivity contribution is 5.76. The van der Waals surface area contributed by atoms with Crippen LogP contribution in [-0.2, 0) is 11.2 Å². The molecule has 0 aliphatic rings. The third kappa shape index (κ3) is 4.75. The number of hydrogen-bond acceptors (Lipinski definition) is 3. The Kier molecular flexibility index (Phi) is 6.22. The molecular formula is C14H22N2O2. The summed E-state index contributed by atoms with van der Waals surface area (Å²) >= 11 is 0. The second-order valence-electron chi connectivity index (χ2n) is 4.31. The van der Waals surface area contributed by atoms with E-state index in [4.69, 9.17) is 10.5 Å². The fourth-order valence-corrected chi connectivity index (χ4v) is 1.77. The fourth-order valence-electron chi connectivity index (χ4n) is 1.77. The van der Waals surface area contributed by atoms with E-state index in [9.17, 15) is 4.79 Å². The van der Waals surface area contributed by atoms with Gasteiger partial charge in [0.15, 0.2) is 0 Å². The number of rotatable bonds is 7. The van der Waals surface area contributed by atoms with E-state index in [1.807, 2.05) is 19.1 Å². The maximum absolute atomic E-state index is 11.6. The van der Waals surface area contributed by atoms with Crippen LogP contribution in [0.4, 0.5) is 0 Å². The first-order valence-corrected chi connectivity index (χ1v) is 6.27. The SMILES string of the molecule is COc1ccc(C)cc1CCC(=O)NCCCN. The maximum Gasteiger partial charge on any atom is 0.220 e. The molecule has 1 rings (SSSR count). The van der Waals surface area contributed by atoms with Gasteiger partial charge in [0.25, 0.3) is 0 Å². The molecule has 1 amide bonds. The van der Waals surface area contributed by atoms with Gasteiger partial charge in [0.2, 0.25) is 5.91 Å². The molecule has 0 radical (unpaired) electrons. The lowest BCUT2D eigenvalue weighted by Crippen LogP contribution is -2.26. The molecule has 3 N–H and O–H groups in total. The van der Waals surface area contributed by atoms with Gasteiger partial charge in [-0.25, -0.2) is 0 Å². The Morgan fingerprint density at radius 1 is 1.44 bits per heavy atom. The van der Waals surface area contributed by atoms with Crippen molar-refractivity contribution < 1.29 is 9.53 Å². The van der Waals surface area contributed by atoms with Crippen molar-refractivity contribution in [2.45, 2.75) is 26.2 Å². The minimum atomic E-state index is 0.0620. The maximum atomic E-state index is 11.6. The quantitative estimate of drug-likeness (QED) is 0.719. The third-order valence-corrected chi connectivity index (χ3v) is 2.76. The van der Waals surface area contributed by atoms with Gasteiger partial charge >= 0.3 is 0 Å². The average Bonchev–Trinajstić information content (AvgIpc) is 2.37. The summed E-state index contributed by atoms with van der Waals surface area (Å²) in [5.41, 5.74) is 7.62. The highest BCUT2D eigenvalue weighted by Gasteiger charge is 2.06. The lowest BCUT2D eigenvalue weighted by molar-refractivity contribution is -0.121. The topological polar surface area (TPSA) is 64.3 Å². The molecule has 0 aliphatic carbocycles. The Morgan fingerprint density at radius 2 is 2.22 bits per heavy atom. The molecule has 0 fully saturated rings. The number of hydrogen-bond donors (Lipinski definition) is 2. The Balaban J connectivity index is 2.47. The first-order valence-electron chi connectivity index (χ1n) is 6.27. The zero-order chi connectivity index (χ0) is 13.4. The van der Waals surface area contributed by atoms with E-state index < -0.39 is 0 Å². The molecule has 0 spiro atoms. The Morgan fingerprint density at radius 3 is 2.89 bits per heavy atom. The number of amides is 1. The van der Waals surface area contributed by atoms with Gasteiger partial charge in [0.05, 0.1) is 7.11 Å². The van der Waals surface area contributed by atoms with E-state index in [2.05, 4.69) is 11.4 Å². The molecule has 100 valence electrons. The largest absolute Gasteiger partial charge is 0.496 e. The molecule has 0 heterocycles. The van der Waals surface area contributed by atoms with Crippen LogP contribution >= 0.6 is 0 Å². The molecular weight excluding hydrogens is 228 g/mol. The lowest BCUT2D eigenvalue weighted by atomic mass is 10.1. The van der Waals surface area contributed by atoms with E-state index in [0.29, 0.717) is 25.9 Å². The standard InChI is InChI=1S/C14H22N2O2/c1-11-4-6-13(18-2)12(10-11)5-7-14(17)16-9-3-8-15/h4,6,10H,3,5,7-9,15H2,1-2H3,(H,16,17). The normalized spacial score (nSPS) is 10.2.